The second-order valence-corrected chi connectivity index (χ2v) is 6.64. The largest absolute Gasteiger partial charge is 0.383 e. The van der Waals surface area contributed by atoms with Crippen LogP contribution in [0.5, 0.6) is 0 Å². The van der Waals surface area contributed by atoms with Gasteiger partial charge in [-0.25, -0.2) is 9.97 Å². The smallest absolute Gasteiger partial charge is 0.140 e. The first-order valence-corrected chi connectivity index (χ1v) is 8.24. The van der Waals surface area contributed by atoms with E-state index in [4.69, 9.17) is 15.5 Å². The Morgan fingerprint density at radius 2 is 1.79 bits per heavy atom. The Morgan fingerprint density at radius 1 is 1.05 bits per heavy atom. The summed E-state index contributed by atoms with van der Waals surface area (Å²) in [5.41, 5.74) is 7.28. The number of ether oxygens (including phenoxy) is 1. The van der Waals surface area contributed by atoms with Crippen LogP contribution in [0.3, 0.4) is 0 Å². The topological polar surface area (TPSA) is 61.0 Å². The zero-order valence-corrected chi connectivity index (χ0v) is 13.2. The Kier molecular flexibility index (Phi) is 4.21. The molecule has 5 heteroatoms. The second-order valence-electron chi connectivity index (χ2n) is 5.56. The molecule has 0 aromatic carbocycles. The Labute approximate surface area is 127 Å². The van der Waals surface area contributed by atoms with Crippen molar-refractivity contribution in [2.24, 2.45) is 0 Å². The Bertz CT molecular complexity index is 454. The highest BCUT2D eigenvalue weighted by atomic mass is 127. The standard InChI is InChI=1S/C14H20IN3O/c15-11-12(9-4-1-2-5-9)17-14(18-13(11)16)10-6-3-7-19-8-10/h9-10H,1-8H2,(H2,16,17,18). The van der Waals surface area contributed by atoms with Gasteiger partial charge in [-0.15, -0.1) is 0 Å². The van der Waals surface area contributed by atoms with Crippen LogP contribution in [-0.4, -0.2) is 23.2 Å². The van der Waals surface area contributed by atoms with Gasteiger partial charge in [-0.1, -0.05) is 12.8 Å². The molecule has 2 aliphatic rings. The summed E-state index contributed by atoms with van der Waals surface area (Å²) in [6.45, 7) is 1.61. The minimum Gasteiger partial charge on any atom is -0.383 e. The van der Waals surface area contributed by atoms with Crippen LogP contribution in [0.1, 0.15) is 61.9 Å². The normalized spacial score (nSPS) is 24.8. The fourth-order valence-corrected chi connectivity index (χ4v) is 3.78. The maximum atomic E-state index is 6.10. The van der Waals surface area contributed by atoms with Gasteiger partial charge in [0.15, 0.2) is 0 Å². The van der Waals surface area contributed by atoms with Crippen LogP contribution in [0, 0.1) is 3.57 Å². The molecule has 1 atom stereocenters. The van der Waals surface area contributed by atoms with Crippen LogP contribution in [0.25, 0.3) is 0 Å². The highest BCUT2D eigenvalue weighted by molar-refractivity contribution is 14.1. The monoisotopic (exact) mass is 373 g/mol. The third-order valence-electron chi connectivity index (χ3n) is 4.19. The Hall–Kier alpha value is -0.430. The molecule has 0 bridgehead atoms. The minimum absolute atomic E-state index is 0.327. The molecule has 2 heterocycles. The molecule has 0 radical (unpaired) electrons. The summed E-state index contributed by atoms with van der Waals surface area (Å²) in [4.78, 5) is 9.37. The molecular formula is C14H20IN3O. The van der Waals surface area contributed by atoms with Gasteiger partial charge in [-0.05, 0) is 48.3 Å². The average molecular weight is 373 g/mol. The van der Waals surface area contributed by atoms with Crippen LogP contribution < -0.4 is 5.73 Å². The molecule has 0 spiro atoms. The van der Waals surface area contributed by atoms with Crippen molar-refractivity contribution in [1.29, 1.82) is 0 Å². The van der Waals surface area contributed by atoms with Gasteiger partial charge >= 0.3 is 0 Å². The van der Waals surface area contributed by atoms with Crippen LogP contribution in [-0.2, 0) is 4.74 Å². The second kappa shape index (κ2) is 5.91. The summed E-state index contributed by atoms with van der Waals surface area (Å²) in [5.74, 6) is 2.46. The summed E-state index contributed by atoms with van der Waals surface area (Å²) in [6.07, 6.45) is 7.32. The maximum absolute atomic E-state index is 6.10. The van der Waals surface area contributed by atoms with E-state index in [2.05, 4.69) is 27.6 Å². The molecule has 104 valence electrons. The van der Waals surface area contributed by atoms with E-state index in [9.17, 15) is 0 Å². The summed E-state index contributed by atoms with van der Waals surface area (Å²) < 4.78 is 6.61. The first kappa shape index (κ1) is 13.5. The van der Waals surface area contributed by atoms with E-state index < -0.39 is 0 Å². The summed E-state index contributed by atoms with van der Waals surface area (Å²) in [7, 11) is 0. The first-order valence-electron chi connectivity index (χ1n) is 7.16. The molecule has 1 aromatic rings. The zero-order valence-electron chi connectivity index (χ0n) is 11.1. The van der Waals surface area contributed by atoms with E-state index >= 15 is 0 Å². The highest BCUT2D eigenvalue weighted by Crippen LogP contribution is 2.37. The Morgan fingerprint density at radius 3 is 2.47 bits per heavy atom. The molecule has 1 aliphatic heterocycles. The van der Waals surface area contributed by atoms with Crippen LogP contribution >= 0.6 is 22.6 Å². The third kappa shape index (κ3) is 2.86. The van der Waals surface area contributed by atoms with Crippen LogP contribution in [0.4, 0.5) is 5.82 Å². The molecule has 2 N–H and O–H groups in total. The van der Waals surface area contributed by atoms with Crippen molar-refractivity contribution >= 4 is 28.4 Å². The molecule has 0 amide bonds. The van der Waals surface area contributed by atoms with Gasteiger partial charge in [0.1, 0.15) is 11.6 Å². The first-order chi connectivity index (χ1) is 9.25. The van der Waals surface area contributed by atoms with Crippen molar-refractivity contribution in [2.75, 3.05) is 18.9 Å². The molecule has 19 heavy (non-hydrogen) atoms. The lowest BCUT2D eigenvalue weighted by atomic mass is 9.99. The number of hydrogen-bond acceptors (Lipinski definition) is 4. The molecule has 1 aliphatic carbocycles. The van der Waals surface area contributed by atoms with E-state index in [0.717, 1.165) is 35.4 Å². The molecular weight excluding hydrogens is 353 g/mol. The predicted octanol–water partition coefficient (Wildman–Crippen LogP) is 3.22. The maximum Gasteiger partial charge on any atom is 0.140 e. The van der Waals surface area contributed by atoms with Crippen molar-refractivity contribution in [3.8, 4) is 0 Å². The molecule has 3 rings (SSSR count). The quantitative estimate of drug-likeness (QED) is 0.809. The number of nitrogens with zero attached hydrogens (tertiary/aromatic N) is 2. The fraction of sp³-hybridized carbons (Fsp3) is 0.714. The van der Waals surface area contributed by atoms with E-state index in [0.29, 0.717) is 17.7 Å². The molecule has 1 unspecified atom stereocenters. The van der Waals surface area contributed by atoms with Crippen molar-refractivity contribution in [3.05, 3.63) is 15.1 Å². The number of rotatable bonds is 2. The molecule has 1 aromatic heterocycles. The summed E-state index contributed by atoms with van der Waals surface area (Å²) in [5, 5.41) is 0. The van der Waals surface area contributed by atoms with Gasteiger partial charge in [0.25, 0.3) is 0 Å². The van der Waals surface area contributed by atoms with Gasteiger partial charge in [-0.2, -0.15) is 0 Å². The molecule has 1 saturated carbocycles. The lowest BCUT2D eigenvalue weighted by Gasteiger charge is -2.22. The summed E-state index contributed by atoms with van der Waals surface area (Å²) >= 11 is 2.30. The van der Waals surface area contributed by atoms with Gasteiger partial charge in [0.05, 0.1) is 15.9 Å². The van der Waals surface area contributed by atoms with E-state index in [1.807, 2.05) is 0 Å². The van der Waals surface area contributed by atoms with Gasteiger partial charge in [0, 0.05) is 18.4 Å². The van der Waals surface area contributed by atoms with Crippen LogP contribution in [0.2, 0.25) is 0 Å². The van der Waals surface area contributed by atoms with Gasteiger partial charge < -0.3 is 10.5 Å². The number of aromatic nitrogens is 2. The molecule has 2 fully saturated rings. The van der Waals surface area contributed by atoms with E-state index in [1.165, 1.54) is 31.4 Å². The van der Waals surface area contributed by atoms with Crippen molar-refractivity contribution in [2.45, 2.75) is 50.4 Å². The van der Waals surface area contributed by atoms with Crippen molar-refractivity contribution in [3.63, 3.8) is 0 Å². The van der Waals surface area contributed by atoms with Crippen molar-refractivity contribution < 1.29 is 4.74 Å². The molecule has 4 nitrogen and oxygen atoms in total. The van der Waals surface area contributed by atoms with Gasteiger partial charge in [-0.3, -0.25) is 0 Å². The van der Waals surface area contributed by atoms with Crippen LogP contribution in [0.15, 0.2) is 0 Å². The highest BCUT2D eigenvalue weighted by Gasteiger charge is 2.26. The number of nitrogens with two attached hydrogens (primary N) is 1. The minimum atomic E-state index is 0.327. The lowest BCUT2D eigenvalue weighted by molar-refractivity contribution is 0.0780. The average Bonchev–Trinajstić information content (AvgIpc) is 2.96. The predicted molar refractivity (Wildman–Crippen MR) is 83.2 cm³/mol. The Balaban J connectivity index is 1.92. The SMILES string of the molecule is Nc1nc(C2CCCOC2)nc(C2CCCC2)c1I. The lowest BCUT2D eigenvalue weighted by Crippen LogP contribution is -2.20. The summed E-state index contributed by atoms with van der Waals surface area (Å²) in [6, 6.07) is 0. The van der Waals surface area contributed by atoms with Crippen molar-refractivity contribution in [1.82, 2.24) is 9.97 Å². The number of halogens is 1. The van der Waals surface area contributed by atoms with E-state index in [-0.39, 0.29) is 0 Å². The number of nitrogen functional groups attached to an aromatic ring is 1. The molecule has 1 saturated heterocycles. The fourth-order valence-electron chi connectivity index (χ4n) is 3.10. The van der Waals surface area contributed by atoms with Gasteiger partial charge in [0.2, 0.25) is 0 Å². The number of anilines is 1. The third-order valence-corrected chi connectivity index (χ3v) is 5.29. The van der Waals surface area contributed by atoms with E-state index in [1.54, 1.807) is 0 Å². The zero-order chi connectivity index (χ0) is 13.2. The number of hydrogen-bond donors (Lipinski definition) is 1.